The molecule has 0 heterocycles. The fourth-order valence-corrected chi connectivity index (χ4v) is 3.20. The number of halogens is 1. The molecule has 1 saturated carbocycles. The van der Waals surface area contributed by atoms with Crippen molar-refractivity contribution in [2.45, 2.75) is 37.0 Å². The molecule has 0 N–H and O–H groups in total. The summed E-state index contributed by atoms with van der Waals surface area (Å²) < 4.78 is 22.3. The molecule has 0 unspecified atom stereocenters. The van der Waals surface area contributed by atoms with Crippen molar-refractivity contribution in [2.75, 3.05) is 13.6 Å². The van der Waals surface area contributed by atoms with Crippen LogP contribution in [0.4, 0.5) is 0 Å². The molecule has 1 amide bonds. The van der Waals surface area contributed by atoms with Crippen molar-refractivity contribution in [3.05, 3.63) is 29.8 Å². The third kappa shape index (κ3) is 4.71. The van der Waals surface area contributed by atoms with Gasteiger partial charge in [0.15, 0.2) is 0 Å². The highest BCUT2D eigenvalue weighted by Gasteiger charge is 2.21. The van der Waals surface area contributed by atoms with Gasteiger partial charge in [-0.1, -0.05) is 18.6 Å². The van der Waals surface area contributed by atoms with Gasteiger partial charge < -0.3 is 4.90 Å². The van der Waals surface area contributed by atoms with Gasteiger partial charge in [-0.2, -0.15) is 0 Å². The minimum atomic E-state index is -3.68. The quantitative estimate of drug-likeness (QED) is 0.754. The van der Waals surface area contributed by atoms with Crippen molar-refractivity contribution in [3.8, 4) is 0 Å². The Labute approximate surface area is 130 Å². The summed E-state index contributed by atoms with van der Waals surface area (Å²) in [7, 11) is 3.43. The average molecular weight is 330 g/mol. The number of carbonyl (C=O) groups excluding carboxylic acids is 1. The molecule has 1 aromatic rings. The summed E-state index contributed by atoms with van der Waals surface area (Å²) >= 11 is 0. The van der Waals surface area contributed by atoms with Gasteiger partial charge in [-0.25, -0.2) is 8.42 Å². The second-order valence-electron chi connectivity index (χ2n) is 5.65. The van der Waals surface area contributed by atoms with Gasteiger partial charge >= 0.3 is 0 Å². The largest absolute Gasteiger partial charge is 0.345 e. The number of rotatable bonds is 6. The maximum atomic E-state index is 12.0. The highest BCUT2D eigenvalue weighted by molar-refractivity contribution is 8.13. The normalized spacial score (nSPS) is 15.5. The summed E-state index contributed by atoms with van der Waals surface area (Å²) in [5.74, 6) is 0.808. The molecule has 0 spiro atoms. The summed E-state index contributed by atoms with van der Waals surface area (Å²) in [6.07, 6.45) is 4.78. The Morgan fingerprint density at radius 3 is 2.38 bits per heavy atom. The van der Waals surface area contributed by atoms with Gasteiger partial charge in [0.25, 0.3) is 9.05 Å². The minimum absolute atomic E-state index is 0.0846. The number of amides is 1. The smallest absolute Gasteiger partial charge is 0.261 e. The third-order valence-corrected chi connectivity index (χ3v) is 5.38. The van der Waals surface area contributed by atoms with E-state index in [-0.39, 0.29) is 10.8 Å². The Morgan fingerprint density at radius 1 is 1.29 bits per heavy atom. The zero-order chi connectivity index (χ0) is 15.5. The molecule has 116 valence electrons. The lowest BCUT2D eigenvalue weighted by atomic mass is 9.85. The van der Waals surface area contributed by atoms with Crippen LogP contribution in [-0.4, -0.2) is 32.8 Å². The van der Waals surface area contributed by atoms with Crippen LogP contribution in [0.3, 0.4) is 0 Å². The van der Waals surface area contributed by atoms with Gasteiger partial charge in [0, 0.05) is 30.7 Å². The molecule has 1 aromatic carbocycles. The maximum absolute atomic E-state index is 12.0. The Hall–Kier alpha value is -1.07. The number of carbonyl (C=O) groups is 1. The first kappa shape index (κ1) is 16.3. The van der Waals surface area contributed by atoms with Crippen LogP contribution in [-0.2, 0) is 20.3 Å². The van der Waals surface area contributed by atoms with Gasteiger partial charge in [0.1, 0.15) is 0 Å². The fourth-order valence-electron chi connectivity index (χ4n) is 2.43. The molecule has 0 radical (unpaired) electrons. The molecule has 0 saturated heterocycles. The van der Waals surface area contributed by atoms with Crippen molar-refractivity contribution < 1.29 is 13.2 Å². The monoisotopic (exact) mass is 329 g/mol. The van der Waals surface area contributed by atoms with E-state index in [4.69, 9.17) is 10.7 Å². The molecule has 0 atom stereocenters. The van der Waals surface area contributed by atoms with Crippen molar-refractivity contribution in [3.63, 3.8) is 0 Å². The van der Waals surface area contributed by atoms with Gasteiger partial charge in [-0.3, -0.25) is 4.79 Å². The Bertz CT molecular complexity index is 594. The molecule has 1 aliphatic carbocycles. The highest BCUT2D eigenvalue weighted by atomic mass is 35.7. The lowest BCUT2D eigenvalue weighted by Gasteiger charge is -2.30. The first-order valence-corrected chi connectivity index (χ1v) is 9.45. The van der Waals surface area contributed by atoms with Crippen LogP contribution in [0.5, 0.6) is 0 Å². The molecular formula is C15H20ClNO3S. The van der Waals surface area contributed by atoms with Crippen LogP contribution < -0.4 is 0 Å². The fraction of sp³-hybridized carbons (Fsp3) is 0.533. The van der Waals surface area contributed by atoms with E-state index < -0.39 is 9.05 Å². The van der Waals surface area contributed by atoms with Gasteiger partial charge in [-0.15, -0.1) is 0 Å². The first-order valence-electron chi connectivity index (χ1n) is 7.14. The number of hydrogen-bond acceptors (Lipinski definition) is 3. The van der Waals surface area contributed by atoms with E-state index in [9.17, 15) is 13.2 Å². The van der Waals surface area contributed by atoms with Crippen molar-refractivity contribution in [2.24, 2.45) is 5.92 Å². The van der Waals surface area contributed by atoms with Crippen LogP contribution >= 0.6 is 10.7 Å². The Kier molecular flexibility index (Phi) is 5.27. The first-order chi connectivity index (χ1) is 9.86. The number of nitrogens with zero attached hydrogens (tertiary/aromatic N) is 1. The second kappa shape index (κ2) is 6.79. The molecular weight excluding hydrogens is 310 g/mol. The van der Waals surface area contributed by atoms with E-state index in [0.29, 0.717) is 18.8 Å². The highest BCUT2D eigenvalue weighted by Crippen LogP contribution is 2.26. The predicted molar refractivity (Wildman–Crippen MR) is 82.8 cm³/mol. The molecule has 4 nitrogen and oxygen atoms in total. The summed E-state index contributed by atoms with van der Waals surface area (Å²) in [5, 5.41) is 0. The Morgan fingerprint density at radius 2 is 1.90 bits per heavy atom. The predicted octanol–water partition coefficient (Wildman–Crippen LogP) is 2.81. The SMILES string of the molecule is CN(CC1CCC1)C(=O)CCc1ccc(S(=O)(=O)Cl)cc1. The van der Waals surface area contributed by atoms with E-state index in [2.05, 4.69) is 0 Å². The van der Waals surface area contributed by atoms with Crippen molar-refractivity contribution in [1.29, 1.82) is 0 Å². The molecule has 0 aromatic heterocycles. The van der Waals surface area contributed by atoms with E-state index >= 15 is 0 Å². The number of hydrogen-bond donors (Lipinski definition) is 0. The van der Waals surface area contributed by atoms with Gasteiger partial charge in [0.05, 0.1) is 4.90 Å². The van der Waals surface area contributed by atoms with Crippen molar-refractivity contribution in [1.82, 2.24) is 4.90 Å². The van der Waals surface area contributed by atoms with Crippen LogP contribution in [0.1, 0.15) is 31.2 Å². The molecule has 2 rings (SSSR count). The summed E-state index contributed by atoms with van der Waals surface area (Å²) in [4.78, 5) is 13.9. The molecule has 1 aliphatic rings. The zero-order valence-corrected chi connectivity index (χ0v) is 13.7. The molecule has 0 bridgehead atoms. The minimum Gasteiger partial charge on any atom is -0.345 e. The maximum Gasteiger partial charge on any atom is 0.261 e. The topological polar surface area (TPSA) is 54.5 Å². The average Bonchev–Trinajstić information content (AvgIpc) is 2.39. The zero-order valence-electron chi connectivity index (χ0n) is 12.1. The van der Waals surface area contributed by atoms with E-state index in [0.717, 1.165) is 12.1 Å². The summed E-state index contributed by atoms with van der Waals surface area (Å²) in [6.45, 7) is 0.849. The molecule has 21 heavy (non-hydrogen) atoms. The molecule has 0 aliphatic heterocycles. The summed E-state index contributed by atoms with van der Waals surface area (Å²) in [5.41, 5.74) is 0.935. The van der Waals surface area contributed by atoms with Crippen LogP contribution in [0.2, 0.25) is 0 Å². The van der Waals surface area contributed by atoms with E-state index in [1.807, 2.05) is 7.05 Å². The van der Waals surface area contributed by atoms with E-state index in [1.165, 1.54) is 31.4 Å². The van der Waals surface area contributed by atoms with E-state index in [1.54, 1.807) is 17.0 Å². The number of aryl methyl sites for hydroxylation is 1. The third-order valence-electron chi connectivity index (χ3n) is 4.01. The standard InChI is InChI=1S/C15H20ClNO3S/c1-17(11-13-3-2-4-13)15(18)10-7-12-5-8-14(9-6-12)21(16,19)20/h5-6,8-9,13H,2-4,7,10-11H2,1H3. The second-order valence-corrected chi connectivity index (χ2v) is 8.22. The lowest BCUT2D eigenvalue weighted by Crippen LogP contribution is -2.34. The molecule has 1 fully saturated rings. The molecule has 6 heteroatoms. The van der Waals surface area contributed by atoms with Crippen LogP contribution in [0.25, 0.3) is 0 Å². The summed E-state index contributed by atoms with van der Waals surface area (Å²) in [6, 6.07) is 6.35. The Balaban J connectivity index is 1.83. The van der Waals surface area contributed by atoms with Gasteiger partial charge in [0.2, 0.25) is 5.91 Å². The van der Waals surface area contributed by atoms with Gasteiger partial charge in [-0.05, 0) is 42.9 Å². The number of benzene rings is 1. The van der Waals surface area contributed by atoms with Crippen LogP contribution in [0.15, 0.2) is 29.2 Å². The van der Waals surface area contributed by atoms with Crippen LogP contribution in [0, 0.1) is 5.92 Å². The van der Waals surface area contributed by atoms with Crippen molar-refractivity contribution >= 4 is 25.6 Å². The lowest BCUT2D eigenvalue weighted by molar-refractivity contribution is -0.130.